The summed E-state index contributed by atoms with van der Waals surface area (Å²) in [7, 11) is 0. The van der Waals surface area contributed by atoms with Crippen molar-refractivity contribution in [2.75, 3.05) is 19.7 Å². The van der Waals surface area contributed by atoms with Gasteiger partial charge in [-0.15, -0.1) is 0 Å². The lowest BCUT2D eigenvalue weighted by Gasteiger charge is -2.24. The molecular formula is C20H28N2O3. The van der Waals surface area contributed by atoms with E-state index in [1.807, 2.05) is 35.2 Å². The molecule has 0 aromatic heterocycles. The highest BCUT2D eigenvalue weighted by molar-refractivity contribution is 5.88. The van der Waals surface area contributed by atoms with Crippen LogP contribution < -0.4 is 5.32 Å². The number of hydrogen-bond acceptors (Lipinski definition) is 3. The second kappa shape index (κ2) is 8.99. The van der Waals surface area contributed by atoms with Crippen LogP contribution >= 0.6 is 0 Å². The molecule has 2 amide bonds. The van der Waals surface area contributed by atoms with Gasteiger partial charge in [-0.2, -0.15) is 0 Å². The van der Waals surface area contributed by atoms with Crippen LogP contribution in [-0.4, -0.2) is 48.6 Å². The first-order valence-electron chi connectivity index (χ1n) is 9.46. The molecule has 25 heavy (non-hydrogen) atoms. The van der Waals surface area contributed by atoms with Crippen LogP contribution in [0, 0.1) is 0 Å². The number of nitrogens with zero attached hydrogens (tertiary/aromatic N) is 1. The summed E-state index contributed by atoms with van der Waals surface area (Å²) >= 11 is 0. The largest absolute Gasteiger partial charge is 0.368 e. The minimum Gasteiger partial charge on any atom is -0.368 e. The molecule has 0 radical (unpaired) electrons. The highest BCUT2D eigenvalue weighted by Crippen LogP contribution is 2.20. The molecule has 1 aromatic carbocycles. The zero-order valence-corrected chi connectivity index (χ0v) is 14.8. The molecular weight excluding hydrogens is 316 g/mol. The minimum absolute atomic E-state index is 0.0237. The van der Waals surface area contributed by atoms with Crippen LogP contribution in [-0.2, 0) is 20.7 Å². The summed E-state index contributed by atoms with van der Waals surface area (Å²) in [4.78, 5) is 27.0. The first-order chi connectivity index (χ1) is 12.2. The van der Waals surface area contributed by atoms with Gasteiger partial charge in [0.05, 0.1) is 6.10 Å². The molecule has 5 heteroatoms. The molecule has 1 aliphatic heterocycles. The number of rotatable bonds is 7. The van der Waals surface area contributed by atoms with E-state index < -0.39 is 6.04 Å². The summed E-state index contributed by atoms with van der Waals surface area (Å²) in [6, 6.07) is 9.33. The predicted octanol–water partition coefficient (Wildman–Crippen LogP) is 2.30. The molecule has 1 saturated carbocycles. The molecule has 1 N–H and O–H groups in total. The van der Waals surface area contributed by atoms with E-state index in [1.54, 1.807) is 0 Å². The summed E-state index contributed by atoms with van der Waals surface area (Å²) in [5.41, 5.74) is 1.05. The molecule has 5 nitrogen and oxygen atoms in total. The number of likely N-dealkylation sites (tertiary alicyclic amines) is 1. The highest BCUT2D eigenvalue weighted by Gasteiger charge is 2.28. The number of benzene rings is 1. The van der Waals surface area contributed by atoms with Crippen molar-refractivity contribution >= 4 is 11.8 Å². The van der Waals surface area contributed by atoms with E-state index in [2.05, 4.69) is 5.32 Å². The maximum Gasteiger partial charge on any atom is 0.246 e. The Morgan fingerprint density at radius 3 is 2.44 bits per heavy atom. The molecule has 2 aliphatic rings. The topological polar surface area (TPSA) is 58.6 Å². The molecule has 1 aliphatic carbocycles. The number of carbonyl (C=O) groups excluding carboxylic acids is 2. The molecule has 1 aromatic rings. The monoisotopic (exact) mass is 344 g/mol. The van der Waals surface area contributed by atoms with Crippen LogP contribution in [0.3, 0.4) is 0 Å². The van der Waals surface area contributed by atoms with E-state index in [4.69, 9.17) is 4.74 Å². The zero-order valence-electron chi connectivity index (χ0n) is 14.8. The molecule has 1 heterocycles. The lowest BCUT2D eigenvalue weighted by molar-refractivity contribution is -0.137. The molecule has 0 bridgehead atoms. The van der Waals surface area contributed by atoms with Crippen LogP contribution in [0.1, 0.15) is 44.1 Å². The molecule has 1 saturated heterocycles. The summed E-state index contributed by atoms with van der Waals surface area (Å²) in [5, 5.41) is 2.91. The van der Waals surface area contributed by atoms with Gasteiger partial charge in [0.15, 0.2) is 0 Å². The van der Waals surface area contributed by atoms with Crippen molar-refractivity contribution in [2.24, 2.45) is 0 Å². The van der Waals surface area contributed by atoms with Crippen molar-refractivity contribution < 1.29 is 14.3 Å². The van der Waals surface area contributed by atoms with Crippen molar-refractivity contribution in [1.29, 1.82) is 0 Å². The average molecular weight is 344 g/mol. The fourth-order valence-electron chi connectivity index (χ4n) is 3.69. The van der Waals surface area contributed by atoms with Gasteiger partial charge >= 0.3 is 0 Å². The van der Waals surface area contributed by atoms with Crippen molar-refractivity contribution in [2.45, 2.75) is 57.1 Å². The Balaban J connectivity index is 1.58. The lowest BCUT2D eigenvalue weighted by Crippen LogP contribution is -2.50. The Kier molecular flexibility index (Phi) is 6.45. The van der Waals surface area contributed by atoms with Crippen LogP contribution in [0.25, 0.3) is 0 Å². The summed E-state index contributed by atoms with van der Waals surface area (Å²) < 4.78 is 5.68. The van der Waals surface area contributed by atoms with E-state index in [-0.39, 0.29) is 24.5 Å². The summed E-state index contributed by atoms with van der Waals surface area (Å²) in [6.45, 7) is 1.63. The van der Waals surface area contributed by atoms with Gasteiger partial charge in [0.1, 0.15) is 12.6 Å². The Hall–Kier alpha value is -1.88. The van der Waals surface area contributed by atoms with Crippen molar-refractivity contribution in [3.8, 4) is 0 Å². The second-order valence-electron chi connectivity index (χ2n) is 7.06. The van der Waals surface area contributed by atoms with Gasteiger partial charge in [0, 0.05) is 19.5 Å². The summed E-state index contributed by atoms with van der Waals surface area (Å²) in [5.74, 6) is -0.170. The predicted molar refractivity (Wildman–Crippen MR) is 96.1 cm³/mol. The fourth-order valence-corrected chi connectivity index (χ4v) is 3.69. The van der Waals surface area contributed by atoms with Gasteiger partial charge in [0.2, 0.25) is 11.8 Å². The summed E-state index contributed by atoms with van der Waals surface area (Å²) in [6.07, 6.45) is 7.23. The van der Waals surface area contributed by atoms with Crippen molar-refractivity contribution in [3.05, 3.63) is 35.9 Å². The maximum absolute atomic E-state index is 12.8. The van der Waals surface area contributed by atoms with Gasteiger partial charge in [-0.3, -0.25) is 9.59 Å². The van der Waals surface area contributed by atoms with Gasteiger partial charge in [-0.25, -0.2) is 0 Å². The maximum atomic E-state index is 12.8. The zero-order chi connectivity index (χ0) is 17.5. The number of ether oxygens (including phenoxy) is 1. The van der Waals surface area contributed by atoms with Crippen molar-refractivity contribution in [1.82, 2.24) is 10.2 Å². The first kappa shape index (κ1) is 17.9. The third-order valence-corrected chi connectivity index (χ3v) is 5.09. The van der Waals surface area contributed by atoms with Crippen LogP contribution in [0.4, 0.5) is 0 Å². The Labute approximate surface area is 149 Å². The molecule has 0 spiro atoms. The van der Waals surface area contributed by atoms with Gasteiger partial charge in [-0.05, 0) is 31.2 Å². The number of carbonyl (C=O) groups is 2. The Morgan fingerprint density at radius 2 is 1.76 bits per heavy atom. The fraction of sp³-hybridized carbons (Fsp3) is 0.600. The second-order valence-corrected chi connectivity index (χ2v) is 7.06. The SMILES string of the molecule is O=C(COC1CCCC1)N[C@@H](Cc1ccccc1)C(=O)N1CCCC1. The Bertz CT molecular complexity index is 564. The lowest BCUT2D eigenvalue weighted by atomic mass is 10.0. The van der Waals surface area contributed by atoms with E-state index in [1.165, 1.54) is 12.8 Å². The van der Waals surface area contributed by atoms with Crippen LogP contribution in [0.2, 0.25) is 0 Å². The third-order valence-electron chi connectivity index (χ3n) is 5.09. The van der Waals surface area contributed by atoms with Crippen LogP contribution in [0.15, 0.2) is 30.3 Å². The smallest absolute Gasteiger partial charge is 0.246 e. The van der Waals surface area contributed by atoms with Gasteiger partial charge < -0.3 is 15.0 Å². The van der Waals surface area contributed by atoms with E-state index in [0.29, 0.717) is 6.42 Å². The first-order valence-corrected chi connectivity index (χ1v) is 9.46. The standard InChI is InChI=1S/C20H28N2O3/c23-19(15-25-17-10-4-5-11-17)21-18(14-16-8-2-1-3-9-16)20(24)22-12-6-7-13-22/h1-3,8-9,17-18H,4-7,10-15H2,(H,21,23)/t18-/m0/s1. The van der Waals surface area contributed by atoms with E-state index in [9.17, 15) is 9.59 Å². The molecule has 1 atom stereocenters. The Morgan fingerprint density at radius 1 is 1.08 bits per heavy atom. The number of nitrogens with one attached hydrogen (secondary N) is 1. The van der Waals surface area contributed by atoms with Crippen LogP contribution in [0.5, 0.6) is 0 Å². The average Bonchev–Trinajstić information content (AvgIpc) is 3.33. The molecule has 2 fully saturated rings. The molecule has 3 rings (SSSR count). The van der Waals surface area contributed by atoms with E-state index >= 15 is 0 Å². The number of hydrogen-bond donors (Lipinski definition) is 1. The van der Waals surface area contributed by atoms with Gasteiger partial charge in [0.25, 0.3) is 0 Å². The van der Waals surface area contributed by atoms with E-state index in [0.717, 1.165) is 44.3 Å². The molecule has 0 unspecified atom stereocenters. The third kappa shape index (κ3) is 5.30. The number of amides is 2. The normalized spacial score (nSPS) is 19.1. The highest BCUT2D eigenvalue weighted by atomic mass is 16.5. The van der Waals surface area contributed by atoms with Crippen molar-refractivity contribution in [3.63, 3.8) is 0 Å². The van der Waals surface area contributed by atoms with Gasteiger partial charge in [-0.1, -0.05) is 43.2 Å². The minimum atomic E-state index is -0.514. The molecule has 136 valence electrons. The quantitative estimate of drug-likeness (QED) is 0.826.